The molecule has 0 atom stereocenters. The van der Waals surface area contributed by atoms with Crippen LogP contribution in [0.15, 0.2) is 34.9 Å². The first-order valence-corrected chi connectivity index (χ1v) is 8.41. The van der Waals surface area contributed by atoms with Gasteiger partial charge < -0.3 is 19.7 Å². The topological polar surface area (TPSA) is 61.5 Å². The third-order valence-corrected chi connectivity index (χ3v) is 4.50. The number of piperidine rings is 1. The molecule has 0 amide bonds. The van der Waals surface area contributed by atoms with Crippen LogP contribution < -0.4 is 10.2 Å². The monoisotopic (exact) mass is 315 g/mol. The summed E-state index contributed by atoms with van der Waals surface area (Å²) in [4.78, 5) is 6.83. The number of rotatable bonds is 6. The van der Waals surface area contributed by atoms with Crippen LogP contribution in [0.3, 0.4) is 0 Å². The lowest BCUT2D eigenvalue weighted by Crippen LogP contribution is -2.34. The normalized spacial score (nSPS) is 15.8. The number of aliphatic hydroxyl groups is 1. The third kappa shape index (κ3) is 4.05. The SMILES string of the molecule is CCc1ccc(CNc2ccc(N3CCC(CO)CC3)cn2)o1. The summed E-state index contributed by atoms with van der Waals surface area (Å²) in [6.07, 6.45) is 4.94. The molecule has 3 heterocycles. The maximum absolute atomic E-state index is 9.21. The Bertz CT molecular complexity index is 601. The summed E-state index contributed by atoms with van der Waals surface area (Å²) in [5, 5.41) is 12.5. The van der Waals surface area contributed by atoms with E-state index in [1.807, 2.05) is 24.4 Å². The third-order valence-electron chi connectivity index (χ3n) is 4.50. The molecule has 0 spiro atoms. The number of nitrogens with zero attached hydrogens (tertiary/aromatic N) is 2. The molecule has 1 fully saturated rings. The van der Waals surface area contributed by atoms with Crippen molar-refractivity contribution in [2.45, 2.75) is 32.7 Å². The number of furan rings is 1. The van der Waals surface area contributed by atoms with Crippen LogP contribution >= 0.6 is 0 Å². The van der Waals surface area contributed by atoms with Gasteiger partial charge in [0.15, 0.2) is 0 Å². The van der Waals surface area contributed by atoms with Crippen LogP contribution in [0.1, 0.15) is 31.3 Å². The van der Waals surface area contributed by atoms with E-state index < -0.39 is 0 Å². The molecule has 0 saturated carbocycles. The van der Waals surface area contributed by atoms with Crippen LogP contribution in [0.4, 0.5) is 11.5 Å². The van der Waals surface area contributed by atoms with E-state index in [-0.39, 0.29) is 0 Å². The molecule has 0 bridgehead atoms. The van der Waals surface area contributed by atoms with E-state index in [0.717, 1.165) is 55.4 Å². The fourth-order valence-electron chi connectivity index (χ4n) is 2.94. The van der Waals surface area contributed by atoms with Crippen molar-refractivity contribution in [1.82, 2.24) is 4.98 Å². The van der Waals surface area contributed by atoms with Gasteiger partial charge in [0.25, 0.3) is 0 Å². The number of nitrogens with one attached hydrogen (secondary N) is 1. The Morgan fingerprint density at radius 1 is 1.22 bits per heavy atom. The Morgan fingerprint density at radius 2 is 2.00 bits per heavy atom. The Hall–Kier alpha value is -2.01. The standard InChI is InChI=1S/C18H25N3O2/c1-2-16-4-5-17(23-16)12-20-18-6-3-15(11-19-18)21-9-7-14(13-22)8-10-21/h3-6,11,14,22H,2,7-10,12-13H2,1H3,(H,19,20). The number of hydrogen-bond donors (Lipinski definition) is 2. The van der Waals surface area contributed by atoms with Gasteiger partial charge in [-0.05, 0) is 43.0 Å². The molecule has 2 N–H and O–H groups in total. The van der Waals surface area contributed by atoms with E-state index >= 15 is 0 Å². The van der Waals surface area contributed by atoms with Crippen molar-refractivity contribution in [3.05, 3.63) is 42.0 Å². The van der Waals surface area contributed by atoms with E-state index in [9.17, 15) is 5.11 Å². The van der Waals surface area contributed by atoms with Crippen molar-refractivity contribution in [1.29, 1.82) is 0 Å². The molecule has 0 radical (unpaired) electrons. The number of aryl methyl sites for hydroxylation is 1. The zero-order valence-electron chi connectivity index (χ0n) is 13.7. The van der Waals surface area contributed by atoms with Gasteiger partial charge in [0.05, 0.1) is 18.4 Å². The van der Waals surface area contributed by atoms with Gasteiger partial charge in [-0.2, -0.15) is 0 Å². The summed E-state index contributed by atoms with van der Waals surface area (Å²) in [5.74, 6) is 3.25. The molecular weight excluding hydrogens is 290 g/mol. The summed E-state index contributed by atoms with van der Waals surface area (Å²) >= 11 is 0. The molecule has 2 aromatic heterocycles. The lowest BCUT2D eigenvalue weighted by molar-refractivity contribution is 0.203. The van der Waals surface area contributed by atoms with Gasteiger partial charge in [0, 0.05) is 26.1 Å². The van der Waals surface area contributed by atoms with Crippen LogP contribution in [0, 0.1) is 5.92 Å². The van der Waals surface area contributed by atoms with Gasteiger partial charge in [-0.15, -0.1) is 0 Å². The van der Waals surface area contributed by atoms with Crippen LogP contribution in [-0.2, 0) is 13.0 Å². The molecule has 0 aliphatic carbocycles. The summed E-state index contributed by atoms with van der Waals surface area (Å²) in [6, 6.07) is 8.14. The predicted molar refractivity (Wildman–Crippen MR) is 91.7 cm³/mol. The lowest BCUT2D eigenvalue weighted by atomic mass is 9.98. The highest BCUT2D eigenvalue weighted by molar-refractivity contribution is 5.49. The second-order valence-electron chi connectivity index (χ2n) is 6.09. The van der Waals surface area contributed by atoms with Crippen molar-refractivity contribution in [3.63, 3.8) is 0 Å². The predicted octanol–water partition coefficient (Wildman–Crippen LogP) is 3.06. The summed E-state index contributed by atoms with van der Waals surface area (Å²) in [6.45, 7) is 5.02. The van der Waals surface area contributed by atoms with Crippen LogP contribution in [0.25, 0.3) is 0 Å². The van der Waals surface area contributed by atoms with E-state index in [1.165, 1.54) is 0 Å². The Labute approximate surface area is 137 Å². The average Bonchev–Trinajstić information content (AvgIpc) is 3.09. The van der Waals surface area contributed by atoms with Gasteiger partial charge >= 0.3 is 0 Å². The molecule has 1 aliphatic rings. The highest BCUT2D eigenvalue weighted by Crippen LogP contribution is 2.23. The molecule has 124 valence electrons. The Morgan fingerprint density at radius 3 is 2.61 bits per heavy atom. The number of aliphatic hydroxyl groups excluding tert-OH is 1. The molecule has 0 unspecified atom stereocenters. The van der Waals surface area contributed by atoms with E-state index in [0.29, 0.717) is 19.1 Å². The minimum Gasteiger partial charge on any atom is -0.464 e. The lowest BCUT2D eigenvalue weighted by Gasteiger charge is -2.32. The minimum absolute atomic E-state index is 0.307. The molecule has 0 aromatic carbocycles. The van der Waals surface area contributed by atoms with Gasteiger partial charge in [-0.1, -0.05) is 6.92 Å². The highest BCUT2D eigenvalue weighted by Gasteiger charge is 2.18. The smallest absolute Gasteiger partial charge is 0.126 e. The molecular formula is C18H25N3O2. The molecule has 1 saturated heterocycles. The number of aromatic nitrogens is 1. The van der Waals surface area contributed by atoms with Crippen molar-refractivity contribution in [3.8, 4) is 0 Å². The first-order valence-electron chi connectivity index (χ1n) is 8.41. The van der Waals surface area contributed by atoms with Gasteiger partial charge in [-0.3, -0.25) is 0 Å². The fraction of sp³-hybridized carbons (Fsp3) is 0.500. The Balaban J connectivity index is 1.52. The zero-order valence-corrected chi connectivity index (χ0v) is 13.7. The van der Waals surface area contributed by atoms with E-state index in [2.05, 4.69) is 28.2 Å². The molecule has 2 aromatic rings. The maximum Gasteiger partial charge on any atom is 0.126 e. The second-order valence-corrected chi connectivity index (χ2v) is 6.09. The van der Waals surface area contributed by atoms with Crippen molar-refractivity contribution >= 4 is 11.5 Å². The first-order chi connectivity index (χ1) is 11.3. The Kier molecular flexibility index (Phi) is 5.18. The zero-order chi connectivity index (χ0) is 16.1. The average molecular weight is 315 g/mol. The molecule has 1 aliphatic heterocycles. The summed E-state index contributed by atoms with van der Waals surface area (Å²) < 4.78 is 5.68. The number of hydrogen-bond acceptors (Lipinski definition) is 5. The summed E-state index contributed by atoms with van der Waals surface area (Å²) in [5.41, 5.74) is 1.15. The largest absolute Gasteiger partial charge is 0.464 e. The van der Waals surface area contributed by atoms with Gasteiger partial charge in [-0.25, -0.2) is 4.98 Å². The first kappa shape index (κ1) is 15.9. The van der Waals surface area contributed by atoms with Crippen molar-refractivity contribution < 1.29 is 9.52 Å². The van der Waals surface area contributed by atoms with Crippen LogP contribution in [0.2, 0.25) is 0 Å². The van der Waals surface area contributed by atoms with Crippen LogP contribution in [0.5, 0.6) is 0 Å². The number of anilines is 2. The minimum atomic E-state index is 0.307. The molecule has 23 heavy (non-hydrogen) atoms. The molecule has 3 rings (SSSR count). The summed E-state index contributed by atoms with van der Waals surface area (Å²) in [7, 11) is 0. The quantitative estimate of drug-likeness (QED) is 0.858. The van der Waals surface area contributed by atoms with Crippen molar-refractivity contribution in [2.24, 2.45) is 5.92 Å². The second kappa shape index (κ2) is 7.51. The maximum atomic E-state index is 9.21. The van der Waals surface area contributed by atoms with Crippen molar-refractivity contribution in [2.75, 3.05) is 29.9 Å². The highest BCUT2D eigenvalue weighted by atomic mass is 16.3. The van der Waals surface area contributed by atoms with Gasteiger partial charge in [0.2, 0.25) is 0 Å². The van der Waals surface area contributed by atoms with E-state index in [1.54, 1.807) is 0 Å². The van der Waals surface area contributed by atoms with Crippen LogP contribution in [-0.4, -0.2) is 29.8 Å². The van der Waals surface area contributed by atoms with E-state index in [4.69, 9.17) is 4.42 Å². The molecule has 5 heteroatoms. The number of pyridine rings is 1. The molecule has 5 nitrogen and oxygen atoms in total. The van der Waals surface area contributed by atoms with Gasteiger partial charge in [0.1, 0.15) is 17.3 Å². The fourth-order valence-corrected chi connectivity index (χ4v) is 2.94.